The Labute approximate surface area is 212 Å². The molecule has 2 aromatic carbocycles. The Morgan fingerprint density at radius 3 is 2.47 bits per heavy atom. The van der Waals surface area contributed by atoms with E-state index in [1.54, 1.807) is 0 Å². The third-order valence-corrected chi connectivity index (χ3v) is 8.06. The molecule has 3 heterocycles. The smallest absolute Gasteiger partial charge is 0.254 e. The number of hydrogen-bond donors (Lipinski definition) is 1. The summed E-state index contributed by atoms with van der Waals surface area (Å²) in [4.78, 5) is 21.5. The fourth-order valence-electron chi connectivity index (χ4n) is 5.66. The first-order valence-corrected chi connectivity index (χ1v) is 13.2. The minimum absolute atomic E-state index is 0.0865. The number of nitrogens with one attached hydrogen (secondary N) is 1. The molecule has 7 heteroatoms. The van der Waals surface area contributed by atoms with Crippen molar-refractivity contribution in [2.45, 2.75) is 57.4 Å². The van der Waals surface area contributed by atoms with E-state index in [4.69, 9.17) is 0 Å². The Balaban J connectivity index is 1.23. The van der Waals surface area contributed by atoms with Crippen LogP contribution in [0.25, 0.3) is 11.4 Å². The van der Waals surface area contributed by atoms with Gasteiger partial charge in [-0.05, 0) is 92.8 Å². The molecule has 3 aliphatic rings. The van der Waals surface area contributed by atoms with Gasteiger partial charge in [0.15, 0.2) is 5.82 Å². The molecule has 0 bridgehead atoms. The average molecular weight is 481 g/mol. The Kier molecular flexibility index (Phi) is 6.06. The first-order chi connectivity index (χ1) is 17.6. The molecule has 2 aliphatic heterocycles. The summed E-state index contributed by atoms with van der Waals surface area (Å²) >= 11 is 0. The van der Waals surface area contributed by atoms with E-state index in [0.717, 1.165) is 71.9 Å². The zero-order valence-corrected chi connectivity index (χ0v) is 20.8. The van der Waals surface area contributed by atoms with Gasteiger partial charge in [-0.1, -0.05) is 24.3 Å². The van der Waals surface area contributed by atoms with Gasteiger partial charge in [-0.2, -0.15) is 5.26 Å². The molecule has 6 rings (SSSR count). The predicted molar refractivity (Wildman–Crippen MR) is 137 cm³/mol. The molecule has 36 heavy (non-hydrogen) atoms. The maximum Gasteiger partial charge on any atom is 0.254 e. The quantitative estimate of drug-likeness (QED) is 0.550. The van der Waals surface area contributed by atoms with Gasteiger partial charge in [-0.25, -0.2) is 0 Å². The van der Waals surface area contributed by atoms with Crippen LogP contribution in [0.4, 0.5) is 0 Å². The number of aromatic amines is 1. The maximum atomic E-state index is 13.7. The van der Waals surface area contributed by atoms with Crippen molar-refractivity contribution < 1.29 is 4.79 Å². The summed E-state index contributed by atoms with van der Waals surface area (Å²) in [6, 6.07) is 14.4. The highest BCUT2D eigenvalue weighted by atomic mass is 16.2. The molecule has 1 saturated carbocycles. The number of likely N-dealkylation sites (tertiary alicyclic amines) is 2. The van der Waals surface area contributed by atoms with Crippen molar-refractivity contribution in [1.82, 2.24) is 25.0 Å². The fourth-order valence-corrected chi connectivity index (χ4v) is 5.66. The lowest BCUT2D eigenvalue weighted by Crippen LogP contribution is -2.38. The van der Waals surface area contributed by atoms with Gasteiger partial charge in [-0.15, -0.1) is 10.2 Å². The molecule has 0 spiro atoms. The Bertz CT molecular complexity index is 1320. The number of carbonyl (C=O) groups is 1. The topological polar surface area (TPSA) is 88.9 Å². The van der Waals surface area contributed by atoms with Crippen LogP contribution in [0, 0.1) is 18.3 Å². The summed E-state index contributed by atoms with van der Waals surface area (Å²) in [5.41, 5.74) is 5.95. The normalized spacial score (nSPS) is 18.6. The van der Waals surface area contributed by atoms with E-state index in [9.17, 15) is 10.1 Å². The van der Waals surface area contributed by atoms with Gasteiger partial charge in [0.2, 0.25) is 0 Å². The number of rotatable bonds is 6. The number of benzene rings is 2. The van der Waals surface area contributed by atoms with Crippen molar-refractivity contribution in [2.75, 3.05) is 26.2 Å². The number of nitriles is 1. The maximum absolute atomic E-state index is 13.7. The van der Waals surface area contributed by atoms with E-state index in [2.05, 4.69) is 51.3 Å². The molecule has 3 fully saturated rings. The summed E-state index contributed by atoms with van der Waals surface area (Å²) in [7, 11) is 0. The van der Waals surface area contributed by atoms with Crippen molar-refractivity contribution in [2.24, 2.45) is 0 Å². The van der Waals surface area contributed by atoms with Gasteiger partial charge in [0, 0.05) is 24.2 Å². The van der Waals surface area contributed by atoms with Gasteiger partial charge in [0.1, 0.15) is 5.82 Å². The van der Waals surface area contributed by atoms with Crippen LogP contribution in [0.2, 0.25) is 0 Å². The summed E-state index contributed by atoms with van der Waals surface area (Å²) in [5.74, 6) is 2.61. The first kappa shape index (κ1) is 22.9. The molecule has 2 saturated heterocycles. The van der Waals surface area contributed by atoms with Crippen molar-refractivity contribution in [3.63, 3.8) is 0 Å². The van der Waals surface area contributed by atoms with E-state index in [1.807, 2.05) is 23.1 Å². The highest BCUT2D eigenvalue weighted by molar-refractivity contribution is 5.97. The van der Waals surface area contributed by atoms with E-state index in [1.165, 1.54) is 24.8 Å². The number of nitrogens with zero attached hydrogens (tertiary/aromatic N) is 5. The standard InChI is InChI=1S/C29H32N6O/c1-19-15-25(20-7-8-20)26(28-31-27(32-33-28)18-34-11-4-12-34)16-24(19)29(36)35-13-9-21(10-14-35)23-6-3-2-5-22(23)17-30/h2-3,5-6,15-16,20-21H,4,7-14,18H2,1H3,(H,31,32,33). The molecule has 3 aromatic rings. The third kappa shape index (κ3) is 4.42. The number of H-pyrrole nitrogens is 1. The lowest BCUT2D eigenvalue weighted by atomic mass is 9.86. The SMILES string of the molecule is Cc1cc(C2CC2)c(-c2nnc(CN3CCC3)[nH]2)cc1C(=O)N1CCC(c2ccccc2C#N)CC1. The summed E-state index contributed by atoms with van der Waals surface area (Å²) in [6.45, 7) is 6.48. The molecule has 1 aliphatic carbocycles. The monoisotopic (exact) mass is 480 g/mol. The molecule has 1 aromatic heterocycles. The average Bonchev–Trinajstić information content (AvgIpc) is 3.63. The van der Waals surface area contributed by atoms with Crippen LogP contribution in [-0.4, -0.2) is 57.1 Å². The van der Waals surface area contributed by atoms with Crippen LogP contribution in [0.5, 0.6) is 0 Å². The number of aromatic nitrogens is 3. The molecule has 1 amide bonds. The molecule has 184 valence electrons. The summed E-state index contributed by atoms with van der Waals surface area (Å²) in [6.07, 6.45) is 5.37. The highest BCUT2D eigenvalue weighted by Crippen LogP contribution is 2.45. The molecular weight excluding hydrogens is 448 g/mol. The second kappa shape index (κ2) is 9.51. The summed E-state index contributed by atoms with van der Waals surface area (Å²) in [5, 5.41) is 18.4. The fraction of sp³-hybridized carbons (Fsp3) is 0.448. The van der Waals surface area contributed by atoms with Gasteiger partial charge in [-0.3, -0.25) is 9.69 Å². The molecule has 0 unspecified atom stereocenters. The second-order valence-electron chi connectivity index (χ2n) is 10.5. The number of aryl methyl sites for hydroxylation is 1. The number of piperidine rings is 1. The van der Waals surface area contributed by atoms with E-state index in [-0.39, 0.29) is 5.91 Å². The minimum Gasteiger partial charge on any atom is -0.339 e. The molecule has 7 nitrogen and oxygen atoms in total. The Hall–Kier alpha value is -3.50. The van der Waals surface area contributed by atoms with Crippen LogP contribution in [0.3, 0.4) is 0 Å². The minimum atomic E-state index is 0.0865. The van der Waals surface area contributed by atoms with Crippen molar-refractivity contribution in [1.29, 1.82) is 5.26 Å². The summed E-state index contributed by atoms with van der Waals surface area (Å²) < 4.78 is 0. The molecule has 0 radical (unpaired) electrons. The largest absolute Gasteiger partial charge is 0.339 e. The van der Waals surface area contributed by atoms with Crippen LogP contribution in [0.1, 0.15) is 82.4 Å². The van der Waals surface area contributed by atoms with Gasteiger partial charge in [0.05, 0.1) is 18.2 Å². The van der Waals surface area contributed by atoms with Crippen LogP contribution < -0.4 is 0 Å². The Morgan fingerprint density at radius 1 is 1.03 bits per heavy atom. The van der Waals surface area contributed by atoms with E-state index >= 15 is 0 Å². The second-order valence-corrected chi connectivity index (χ2v) is 10.5. The first-order valence-electron chi connectivity index (χ1n) is 13.2. The number of amides is 1. The van der Waals surface area contributed by atoms with Crippen LogP contribution >= 0.6 is 0 Å². The predicted octanol–water partition coefficient (Wildman–Crippen LogP) is 4.75. The molecule has 1 N–H and O–H groups in total. The van der Waals surface area contributed by atoms with Crippen molar-refractivity contribution in [3.05, 3.63) is 70.0 Å². The Morgan fingerprint density at radius 2 is 1.78 bits per heavy atom. The lowest BCUT2D eigenvalue weighted by molar-refractivity contribution is 0.0712. The van der Waals surface area contributed by atoms with Crippen molar-refractivity contribution in [3.8, 4) is 17.5 Å². The van der Waals surface area contributed by atoms with Gasteiger partial charge in [0.25, 0.3) is 5.91 Å². The molecule has 0 atom stereocenters. The number of hydrogen-bond acceptors (Lipinski definition) is 5. The molecular formula is C29H32N6O. The van der Waals surface area contributed by atoms with Crippen LogP contribution in [0.15, 0.2) is 36.4 Å². The lowest BCUT2D eigenvalue weighted by Gasteiger charge is -2.33. The third-order valence-electron chi connectivity index (χ3n) is 8.06. The van der Waals surface area contributed by atoms with Gasteiger partial charge < -0.3 is 9.88 Å². The van der Waals surface area contributed by atoms with Gasteiger partial charge >= 0.3 is 0 Å². The highest BCUT2D eigenvalue weighted by Gasteiger charge is 2.31. The van der Waals surface area contributed by atoms with Crippen LogP contribution in [-0.2, 0) is 6.54 Å². The van der Waals surface area contributed by atoms with E-state index < -0.39 is 0 Å². The van der Waals surface area contributed by atoms with Crippen molar-refractivity contribution >= 4 is 5.91 Å². The van der Waals surface area contributed by atoms with E-state index in [0.29, 0.717) is 24.9 Å². The zero-order valence-electron chi connectivity index (χ0n) is 20.8. The zero-order chi connectivity index (χ0) is 24.6. The number of carbonyl (C=O) groups excluding carboxylic acids is 1.